The zero-order valence-corrected chi connectivity index (χ0v) is 21.3. The zero-order chi connectivity index (χ0) is 26.0. The molecule has 3 aromatic rings. The van der Waals surface area contributed by atoms with Crippen molar-refractivity contribution in [1.29, 1.82) is 0 Å². The van der Waals surface area contributed by atoms with Gasteiger partial charge in [-0.2, -0.15) is 0 Å². The fourth-order valence-electron chi connectivity index (χ4n) is 4.22. The molecule has 4 rings (SSSR count). The number of hydrogen-bond donors (Lipinski definition) is 2. The molecule has 0 aliphatic carbocycles. The molecule has 12 heteroatoms. The Morgan fingerprint density at radius 2 is 1.72 bits per heavy atom. The van der Waals surface area contributed by atoms with E-state index in [4.69, 9.17) is 29.4 Å². The first-order chi connectivity index (χ1) is 17.2. The zero-order valence-electron chi connectivity index (χ0n) is 20.5. The van der Waals surface area contributed by atoms with Crippen LogP contribution in [-0.2, 0) is 14.6 Å². The number of amides is 1. The largest absolute Gasteiger partial charge is 0.497 e. The van der Waals surface area contributed by atoms with Crippen LogP contribution >= 0.6 is 0 Å². The number of nitrogens with zero attached hydrogens (tertiary/aromatic N) is 3. The molecule has 11 nitrogen and oxygen atoms in total. The summed E-state index contributed by atoms with van der Waals surface area (Å²) in [4.78, 5) is 23.0. The number of ether oxygens (including phenoxy) is 3. The first-order valence-corrected chi connectivity index (χ1v) is 13.0. The van der Waals surface area contributed by atoms with E-state index in [0.29, 0.717) is 52.9 Å². The van der Waals surface area contributed by atoms with Crippen LogP contribution in [0.25, 0.3) is 22.3 Å². The summed E-state index contributed by atoms with van der Waals surface area (Å²) in [5.74, 6) is 2.05. The Labute approximate surface area is 208 Å². The van der Waals surface area contributed by atoms with Crippen LogP contribution in [0.3, 0.4) is 0 Å². The lowest BCUT2D eigenvalue weighted by Gasteiger charge is -2.29. The molecule has 36 heavy (non-hydrogen) atoms. The number of aromatic nitrogens is 2. The van der Waals surface area contributed by atoms with Crippen molar-refractivity contribution in [2.24, 2.45) is 0 Å². The Morgan fingerprint density at radius 1 is 1.06 bits per heavy atom. The smallest absolute Gasteiger partial charge is 0.281 e. The predicted molar refractivity (Wildman–Crippen MR) is 134 cm³/mol. The molecular formula is C24H28N4O7S. The van der Waals surface area contributed by atoms with Gasteiger partial charge < -0.3 is 19.1 Å². The Kier molecular flexibility index (Phi) is 7.18. The van der Waals surface area contributed by atoms with Gasteiger partial charge in [0.1, 0.15) is 23.1 Å². The first kappa shape index (κ1) is 25.5. The van der Waals surface area contributed by atoms with E-state index in [1.165, 1.54) is 0 Å². The fraction of sp³-hybridized carbons (Fsp3) is 0.375. The summed E-state index contributed by atoms with van der Waals surface area (Å²) in [5.41, 5.74) is 4.37. The van der Waals surface area contributed by atoms with Gasteiger partial charge in [0, 0.05) is 30.8 Å². The Morgan fingerprint density at radius 3 is 2.31 bits per heavy atom. The molecule has 0 spiro atoms. The third kappa shape index (κ3) is 5.14. The van der Waals surface area contributed by atoms with Crippen molar-refractivity contribution in [2.75, 3.05) is 50.3 Å². The van der Waals surface area contributed by atoms with Crippen LogP contribution in [0.4, 0.5) is 5.82 Å². The molecule has 2 N–H and O–H groups in total. The minimum atomic E-state index is -3.09. The molecule has 192 valence electrons. The summed E-state index contributed by atoms with van der Waals surface area (Å²) in [7, 11) is 0.0183. The molecule has 1 amide bonds. The second-order valence-electron chi connectivity index (χ2n) is 8.50. The highest BCUT2D eigenvalue weighted by Crippen LogP contribution is 2.38. The Balaban J connectivity index is 1.85. The number of sulfone groups is 1. The number of nitrogens with one attached hydrogen (secondary N) is 1. The monoisotopic (exact) mass is 516 g/mol. The van der Waals surface area contributed by atoms with E-state index in [1.54, 1.807) is 31.8 Å². The van der Waals surface area contributed by atoms with Crippen molar-refractivity contribution in [3.05, 3.63) is 35.4 Å². The number of methoxy groups -OCH3 is 2. The average Bonchev–Trinajstić information content (AvgIpc) is 2.86. The van der Waals surface area contributed by atoms with Gasteiger partial charge in [0.15, 0.2) is 22.3 Å². The highest BCUT2D eigenvalue weighted by Gasteiger charge is 2.26. The lowest BCUT2D eigenvalue weighted by molar-refractivity contribution is -0.131. The predicted octanol–water partition coefficient (Wildman–Crippen LogP) is 2.05. The Bertz CT molecular complexity index is 1390. The summed E-state index contributed by atoms with van der Waals surface area (Å²) >= 11 is 0. The van der Waals surface area contributed by atoms with Gasteiger partial charge in [-0.3, -0.25) is 10.0 Å². The van der Waals surface area contributed by atoms with Gasteiger partial charge in [-0.15, -0.1) is 0 Å². The molecule has 0 unspecified atom stereocenters. The van der Waals surface area contributed by atoms with Gasteiger partial charge in [-0.1, -0.05) is 0 Å². The molecule has 0 atom stereocenters. The molecule has 1 fully saturated rings. The summed E-state index contributed by atoms with van der Waals surface area (Å²) in [6.07, 6.45) is 0. The normalized spacial score (nSPS) is 15.0. The number of benzene rings is 2. The van der Waals surface area contributed by atoms with Crippen LogP contribution in [0.15, 0.2) is 24.3 Å². The van der Waals surface area contributed by atoms with Crippen LogP contribution in [0.2, 0.25) is 0 Å². The molecular weight excluding hydrogens is 488 g/mol. The van der Waals surface area contributed by atoms with E-state index < -0.39 is 15.7 Å². The maximum absolute atomic E-state index is 12.1. The molecule has 1 aliphatic heterocycles. The highest BCUT2D eigenvalue weighted by atomic mass is 32.2. The van der Waals surface area contributed by atoms with Crippen LogP contribution < -0.4 is 24.6 Å². The van der Waals surface area contributed by atoms with Crippen molar-refractivity contribution in [3.63, 3.8) is 0 Å². The minimum absolute atomic E-state index is 0.0397. The van der Waals surface area contributed by atoms with Crippen molar-refractivity contribution in [3.8, 4) is 28.6 Å². The second kappa shape index (κ2) is 10.2. The summed E-state index contributed by atoms with van der Waals surface area (Å²) in [5, 5.41) is 9.39. The summed E-state index contributed by atoms with van der Waals surface area (Å²) < 4.78 is 40.7. The quantitative estimate of drug-likeness (QED) is 0.354. The number of fused-ring (bicyclic) bond motifs is 1. The SMILES string of the molecule is COc1cc(OC)c2c(N3CCS(=O)(=O)CC3)nc(-c3cc(C)c(OCC(=O)NO)c(C)c3)nc2c1. The number of carbonyl (C=O) groups excluding carboxylic acids is 1. The van der Waals surface area contributed by atoms with E-state index in [1.807, 2.05) is 30.9 Å². The average molecular weight is 517 g/mol. The van der Waals surface area contributed by atoms with Gasteiger partial charge in [-0.25, -0.2) is 23.9 Å². The van der Waals surface area contributed by atoms with Crippen LogP contribution in [0.1, 0.15) is 11.1 Å². The van der Waals surface area contributed by atoms with Crippen LogP contribution in [0, 0.1) is 13.8 Å². The molecule has 0 radical (unpaired) electrons. The van der Waals surface area contributed by atoms with E-state index in [2.05, 4.69) is 0 Å². The number of hydrogen-bond acceptors (Lipinski definition) is 10. The number of aryl methyl sites for hydroxylation is 2. The molecule has 0 bridgehead atoms. The lowest BCUT2D eigenvalue weighted by atomic mass is 10.0. The first-order valence-electron chi connectivity index (χ1n) is 11.2. The maximum atomic E-state index is 12.1. The van der Waals surface area contributed by atoms with E-state index in [-0.39, 0.29) is 18.1 Å². The van der Waals surface area contributed by atoms with Crippen LogP contribution in [0.5, 0.6) is 17.2 Å². The molecule has 2 aromatic carbocycles. The van der Waals surface area contributed by atoms with E-state index >= 15 is 0 Å². The van der Waals surface area contributed by atoms with Gasteiger partial charge in [0.05, 0.1) is 36.6 Å². The van der Waals surface area contributed by atoms with Crippen molar-refractivity contribution < 1.29 is 32.6 Å². The topological polar surface area (TPSA) is 140 Å². The molecule has 2 heterocycles. The van der Waals surface area contributed by atoms with Gasteiger partial charge in [0.25, 0.3) is 5.91 Å². The van der Waals surface area contributed by atoms with Crippen LogP contribution in [-0.4, -0.2) is 74.9 Å². The van der Waals surface area contributed by atoms with E-state index in [0.717, 1.165) is 16.7 Å². The molecule has 0 saturated carbocycles. The lowest BCUT2D eigenvalue weighted by Crippen LogP contribution is -2.40. The third-order valence-corrected chi connectivity index (χ3v) is 7.62. The molecule has 1 aliphatic rings. The standard InChI is InChI=1S/C24H28N4O7S/c1-14-9-16(10-15(2)22(14)35-13-20(29)27-30)23-25-18-11-17(33-3)12-19(34-4)21(18)24(26-23)28-5-7-36(31,32)8-6-28/h9-12,30H,5-8,13H2,1-4H3,(H,27,29). The number of anilines is 1. The number of carbonyl (C=O) groups is 1. The number of hydroxylamine groups is 1. The van der Waals surface area contributed by atoms with Crippen molar-refractivity contribution >= 4 is 32.5 Å². The fourth-order valence-corrected chi connectivity index (χ4v) is 5.42. The van der Waals surface area contributed by atoms with Crippen molar-refractivity contribution in [2.45, 2.75) is 13.8 Å². The highest BCUT2D eigenvalue weighted by molar-refractivity contribution is 7.91. The van der Waals surface area contributed by atoms with E-state index in [9.17, 15) is 13.2 Å². The summed E-state index contributed by atoms with van der Waals surface area (Å²) in [6, 6.07) is 7.24. The molecule has 1 saturated heterocycles. The second-order valence-corrected chi connectivity index (χ2v) is 10.8. The van der Waals surface area contributed by atoms with Crippen molar-refractivity contribution in [1.82, 2.24) is 15.4 Å². The Hall–Kier alpha value is -3.64. The number of rotatable bonds is 7. The third-order valence-electron chi connectivity index (χ3n) is 6.01. The van der Waals surface area contributed by atoms with Gasteiger partial charge >= 0.3 is 0 Å². The maximum Gasteiger partial charge on any atom is 0.281 e. The minimum Gasteiger partial charge on any atom is -0.497 e. The molecule has 1 aromatic heterocycles. The van der Waals surface area contributed by atoms with Gasteiger partial charge in [0.2, 0.25) is 0 Å². The van der Waals surface area contributed by atoms with Gasteiger partial charge in [-0.05, 0) is 37.1 Å². The summed E-state index contributed by atoms with van der Waals surface area (Å²) in [6.45, 7) is 3.96.